The van der Waals surface area contributed by atoms with Crippen molar-refractivity contribution in [2.45, 2.75) is 25.1 Å². The number of alkyl halides is 1. The highest BCUT2D eigenvalue weighted by Gasteiger charge is 2.28. The number of aromatic nitrogens is 2. The maximum Gasteiger partial charge on any atom is 0.186 e. The lowest BCUT2D eigenvalue weighted by molar-refractivity contribution is 0.327. The molecule has 0 amide bonds. The van der Waals surface area contributed by atoms with Crippen LogP contribution >= 0.6 is 11.6 Å². The summed E-state index contributed by atoms with van der Waals surface area (Å²) in [5.74, 6) is 0.611. The van der Waals surface area contributed by atoms with Gasteiger partial charge in [-0.1, -0.05) is 0 Å². The number of hydrogen-bond acceptors (Lipinski definition) is 3. The van der Waals surface area contributed by atoms with E-state index in [9.17, 15) is 4.39 Å². The molecule has 1 aromatic heterocycles. The van der Waals surface area contributed by atoms with Gasteiger partial charge in [-0.2, -0.15) is 0 Å². The van der Waals surface area contributed by atoms with Gasteiger partial charge in [-0.05, 0) is 25.7 Å². The fraction of sp³-hybridized carbons (Fsp3) is 0.636. The predicted molar refractivity (Wildman–Crippen MR) is 62.4 cm³/mol. The van der Waals surface area contributed by atoms with Crippen molar-refractivity contribution < 1.29 is 4.39 Å². The molecule has 0 bridgehead atoms. The van der Waals surface area contributed by atoms with Crippen LogP contribution < -0.4 is 4.90 Å². The van der Waals surface area contributed by atoms with Crippen LogP contribution in [-0.4, -0.2) is 28.9 Å². The Labute approximate surface area is 99.6 Å². The summed E-state index contributed by atoms with van der Waals surface area (Å²) in [6, 6.07) is 0. The van der Waals surface area contributed by atoms with E-state index in [0.717, 1.165) is 19.4 Å². The van der Waals surface area contributed by atoms with Gasteiger partial charge in [-0.15, -0.1) is 11.6 Å². The first-order valence-electron chi connectivity index (χ1n) is 5.40. The number of nitrogens with zero attached hydrogens (tertiary/aromatic N) is 3. The Hall–Kier alpha value is -0.900. The minimum atomic E-state index is -0.327. The average Bonchev–Trinajstić information content (AvgIpc) is 2.19. The lowest BCUT2D eigenvalue weighted by Gasteiger charge is -2.34. The Balaban J connectivity index is 2.03. The highest BCUT2D eigenvalue weighted by molar-refractivity contribution is 6.21. The van der Waals surface area contributed by atoms with Crippen LogP contribution in [0.4, 0.5) is 10.2 Å². The molecule has 0 aromatic carbocycles. The van der Waals surface area contributed by atoms with E-state index in [-0.39, 0.29) is 5.82 Å². The molecule has 0 saturated heterocycles. The molecule has 1 heterocycles. The normalized spacial score (nSPS) is 24.0. The summed E-state index contributed by atoms with van der Waals surface area (Å²) >= 11 is 5.91. The van der Waals surface area contributed by atoms with E-state index < -0.39 is 0 Å². The van der Waals surface area contributed by atoms with Gasteiger partial charge in [0, 0.05) is 19.0 Å². The lowest BCUT2D eigenvalue weighted by atomic mass is 9.84. The van der Waals surface area contributed by atoms with Crippen molar-refractivity contribution in [2.75, 3.05) is 18.5 Å². The molecule has 0 aliphatic heterocycles. The van der Waals surface area contributed by atoms with Crippen molar-refractivity contribution in [1.82, 2.24) is 9.97 Å². The zero-order valence-corrected chi connectivity index (χ0v) is 10.2. The summed E-state index contributed by atoms with van der Waals surface area (Å²) in [5, 5.41) is 0.301. The molecule has 5 heteroatoms. The van der Waals surface area contributed by atoms with E-state index in [4.69, 9.17) is 11.6 Å². The van der Waals surface area contributed by atoms with Gasteiger partial charge in [-0.3, -0.25) is 0 Å². The second kappa shape index (κ2) is 4.53. The van der Waals surface area contributed by atoms with Crippen molar-refractivity contribution in [3.05, 3.63) is 17.8 Å². The maximum atomic E-state index is 13.7. The van der Waals surface area contributed by atoms with Crippen LogP contribution in [0.15, 0.2) is 6.33 Å². The molecule has 3 nitrogen and oxygen atoms in total. The van der Waals surface area contributed by atoms with Crippen LogP contribution in [0, 0.1) is 18.7 Å². The Morgan fingerprint density at radius 3 is 2.81 bits per heavy atom. The van der Waals surface area contributed by atoms with Crippen molar-refractivity contribution >= 4 is 17.4 Å². The van der Waals surface area contributed by atoms with E-state index >= 15 is 0 Å². The molecule has 0 atom stereocenters. The molecule has 1 fully saturated rings. The minimum Gasteiger partial charge on any atom is -0.357 e. The molecule has 16 heavy (non-hydrogen) atoms. The monoisotopic (exact) mass is 243 g/mol. The first-order valence-corrected chi connectivity index (χ1v) is 5.84. The van der Waals surface area contributed by atoms with Crippen LogP contribution in [0.1, 0.15) is 18.5 Å². The summed E-state index contributed by atoms with van der Waals surface area (Å²) in [4.78, 5) is 9.63. The summed E-state index contributed by atoms with van der Waals surface area (Å²) in [6.45, 7) is 2.45. The van der Waals surface area contributed by atoms with Gasteiger partial charge in [0.1, 0.15) is 6.33 Å². The highest BCUT2D eigenvalue weighted by Crippen LogP contribution is 2.33. The second-order valence-corrected chi connectivity index (χ2v) is 5.03. The molecule has 88 valence electrons. The Kier molecular flexibility index (Phi) is 3.28. The van der Waals surface area contributed by atoms with Crippen LogP contribution in [0.2, 0.25) is 0 Å². The summed E-state index contributed by atoms with van der Waals surface area (Å²) in [6.07, 6.45) is 3.42. The third-order valence-electron chi connectivity index (χ3n) is 3.02. The largest absolute Gasteiger partial charge is 0.357 e. The minimum absolute atomic E-state index is 0.301. The van der Waals surface area contributed by atoms with E-state index in [1.54, 1.807) is 6.92 Å². The molecule has 0 unspecified atom stereocenters. The zero-order valence-electron chi connectivity index (χ0n) is 9.45. The van der Waals surface area contributed by atoms with Gasteiger partial charge in [0.05, 0.1) is 5.69 Å². The fourth-order valence-corrected chi connectivity index (χ4v) is 2.49. The average molecular weight is 244 g/mol. The van der Waals surface area contributed by atoms with Crippen molar-refractivity contribution in [3.63, 3.8) is 0 Å². The number of rotatable bonds is 3. The van der Waals surface area contributed by atoms with Crippen molar-refractivity contribution in [1.29, 1.82) is 0 Å². The number of halogens is 2. The molecule has 1 saturated carbocycles. The molecule has 0 N–H and O–H groups in total. The smallest absolute Gasteiger partial charge is 0.186 e. The third kappa shape index (κ3) is 2.26. The summed E-state index contributed by atoms with van der Waals surface area (Å²) < 4.78 is 13.7. The second-order valence-electron chi connectivity index (χ2n) is 4.41. The van der Waals surface area contributed by atoms with Gasteiger partial charge in [0.25, 0.3) is 0 Å². The molecular formula is C11H15ClFN3. The van der Waals surface area contributed by atoms with Gasteiger partial charge in [0.15, 0.2) is 11.6 Å². The first kappa shape index (κ1) is 11.6. The van der Waals surface area contributed by atoms with Gasteiger partial charge in [-0.25, -0.2) is 14.4 Å². The van der Waals surface area contributed by atoms with Crippen LogP contribution in [0.3, 0.4) is 0 Å². The molecule has 0 radical (unpaired) electrons. The summed E-state index contributed by atoms with van der Waals surface area (Å²) in [7, 11) is 1.85. The molecule has 1 aliphatic rings. The van der Waals surface area contributed by atoms with Gasteiger partial charge in [0.2, 0.25) is 0 Å². The number of anilines is 1. The topological polar surface area (TPSA) is 29.0 Å². The van der Waals surface area contributed by atoms with E-state index in [2.05, 4.69) is 9.97 Å². The fourth-order valence-electron chi connectivity index (χ4n) is 1.99. The summed E-state index contributed by atoms with van der Waals surface area (Å²) in [5.41, 5.74) is 0.390. The Morgan fingerprint density at radius 2 is 2.19 bits per heavy atom. The van der Waals surface area contributed by atoms with Crippen molar-refractivity contribution in [3.8, 4) is 0 Å². The number of hydrogen-bond donors (Lipinski definition) is 0. The maximum absolute atomic E-state index is 13.7. The quantitative estimate of drug-likeness (QED) is 0.764. The van der Waals surface area contributed by atoms with E-state index in [1.165, 1.54) is 6.33 Å². The van der Waals surface area contributed by atoms with Gasteiger partial charge < -0.3 is 4.90 Å². The predicted octanol–water partition coefficient (Wildman–Crippen LogP) is 2.38. The molecule has 0 spiro atoms. The van der Waals surface area contributed by atoms with Crippen molar-refractivity contribution in [2.24, 2.45) is 5.92 Å². The molecular weight excluding hydrogens is 229 g/mol. The molecule has 1 aromatic rings. The first-order chi connectivity index (χ1) is 7.58. The van der Waals surface area contributed by atoms with E-state index in [0.29, 0.717) is 22.8 Å². The third-order valence-corrected chi connectivity index (χ3v) is 3.37. The van der Waals surface area contributed by atoms with Gasteiger partial charge >= 0.3 is 0 Å². The number of aryl methyl sites for hydroxylation is 1. The van der Waals surface area contributed by atoms with Crippen LogP contribution in [-0.2, 0) is 0 Å². The molecule has 1 aliphatic carbocycles. The zero-order chi connectivity index (χ0) is 11.7. The Bertz CT molecular complexity index is 379. The Morgan fingerprint density at radius 1 is 1.50 bits per heavy atom. The molecule has 2 rings (SSSR count). The van der Waals surface area contributed by atoms with Crippen LogP contribution in [0.5, 0.6) is 0 Å². The lowest BCUT2D eigenvalue weighted by Crippen LogP contribution is -2.35. The highest BCUT2D eigenvalue weighted by atomic mass is 35.5. The van der Waals surface area contributed by atoms with E-state index in [1.807, 2.05) is 11.9 Å². The van der Waals surface area contributed by atoms with Crippen LogP contribution in [0.25, 0.3) is 0 Å². The SMILES string of the molecule is Cc1ncnc(N(C)CC2CC(Cl)C2)c1F. The standard InChI is InChI=1S/C11H15ClFN3/c1-7-10(13)11(15-6-14-7)16(2)5-8-3-9(12)4-8/h6,8-9H,3-5H2,1-2H3.